The van der Waals surface area contributed by atoms with Crippen molar-refractivity contribution in [3.63, 3.8) is 0 Å². The van der Waals surface area contributed by atoms with Gasteiger partial charge in [-0.25, -0.2) is 0 Å². The van der Waals surface area contributed by atoms with Crippen molar-refractivity contribution in [1.29, 1.82) is 0 Å². The van der Waals surface area contributed by atoms with Gasteiger partial charge in [-0.1, -0.05) is 17.7 Å². The van der Waals surface area contributed by atoms with Gasteiger partial charge in [0, 0.05) is 18.7 Å². The topological polar surface area (TPSA) is 40.5 Å². The van der Waals surface area contributed by atoms with Crippen molar-refractivity contribution >= 4 is 5.91 Å². The molecule has 0 aliphatic carbocycles. The minimum atomic E-state index is -0.356. The van der Waals surface area contributed by atoms with E-state index in [1.807, 2.05) is 32.9 Å². The second kappa shape index (κ2) is 4.49. The lowest BCUT2D eigenvalue weighted by Gasteiger charge is -2.19. The van der Waals surface area contributed by atoms with E-state index in [1.165, 1.54) is 5.56 Å². The number of rotatable bonds is 1. The molecule has 1 aromatic carbocycles. The van der Waals surface area contributed by atoms with Crippen LogP contribution in [0.25, 0.3) is 0 Å². The summed E-state index contributed by atoms with van der Waals surface area (Å²) in [6.45, 7) is 7.10. The van der Waals surface area contributed by atoms with Crippen LogP contribution < -0.4 is 0 Å². The molecule has 1 saturated heterocycles. The van der Waals surface area contributed by atoms with Crippen LogP contribution in [0.5, 0.6) is 0 Å². The van der Waals surface area contributed by atoms with Crippen LogP contribution in [0.3, 0.4) is 0 Å². The highest BCUT2D eigenvalue weighted by molar-refractivity contribution is 5.97. The third-order valence-electron chi connectivity index (χ3n) is 3.34. The summed E-state index contributed by atoms with van der Waals surface area (Å²) in [5.74, 6) is 0.0524. The van der Waals surface area contributed by atoms with Crippen molar-refractivity contribution in [3.05, 3.63) is 34.4 Å². The summed E-state index contributed by atoms with van der Waals surface area (Å²) in [6.07, 6.45) is 0.334. The number of benzene rings is 1. The minimum absolute atomic E-state index is 0.0524. The Morgan fingerprint density at radius 3 is 2.35 bits per heavy atom. The van der Waals surface area contributed by atoms with Gasteiger partial charge in [-0.2, -0.15) is 0 Å². The molecule has 0 bridgehead atoms. The molecule has 1 aliphatic rings. The number of hydrogen-bond acceptors (Lipinski definition) is 2. The molecule has 92 valence electrons. The molecule has 1 amide bonds. The molecule has 2 rings (SSSR count). The molecule has 1 aromatic rings. The van der Waals surface area contributed by atoms with E-state index in [0.717, 1.165) is 16.7 Å². The van der Waals surface area contributed by atoms with E-state index in [2.05, 4.69) is 0 Å². The van der Waals surface area contributed by atoms with Crippen molar-refractivity contribution in [2.75, 3.05) is 13.1 Å². The Labute approximate surface area is 102 Å². The lowest BCUT2D eigenvalue weighted by Crippen LogP contribution is -2.30. The number of β-amino-alcohol motifs (C(OH)–C–C–N with tert-alkyl or cyclic N) is 1. The summed E-state index contributed by atoms with van der Waals surface area (Å²) in [5.41, 5.74) is 4.02. The normalized spacial score (nSPS) is 19.8. The Morgan fingerprint density at radius 1 is 1.29 bits per heavy atom. The molecule has 0 radical (unpaired) electrons. The highest BCUT2D eigenvalue weighted by atomic mass is 16.3. The average molecular weight is 233 g/mol. The largest absolute Gasteiger partial charge is 0.391 e. The molecular formula is C14H19NO2. The zero-order chi connectivity index (χ0) is 12.6. The first-order chi connectivity index (χ1) is 7.99. The molecule has 0 saturated carbocycles. The highest BCUT2D eigenvalue weighted by Gasteiger charge is 2.27. The van der Waals surface area contributed by atoms with Crippen LogP contribution in [0.2, 0.25) is 0 Å². The first-order valence-corrected chi connectivity index (χ1v) is 6.04. The maximum Gasteiger partial charge on any atom is 0.254 e. The lowest BCUT2D eigenvalue weighted by atomic mass is 9.99. The fourth-order valence-corrected chi connectivity index (χ4v) is 2.60. The summed E-state index contributed by atoms with van der Waals surface area (Å²) >= 11 is 0. The number of hydrogen-bond donors (Lipinski definition) is 1. The van der Waals surface area contributed by atoms with Gasteiger partial charge in [0.15, 0.2) is 0 Å². The minimum Gasteiger partial charge on any atom is -0.391 e. The van der Waals surface area contributed by atoms with Crippen molar-refractivity contribution in [3.8, 4) is 0 Å². The summed E-state index contributed by atoms with van der Waals surface area (Å²) in [4.78, 5) is 14.1. The van der Waals surface area contributed by atoms with Crippen LogP contribution >= 0.6 is 0 Å². The Morgan fingerprint density at radius 2 is 1.88 bits per heavy atom. The average Bonchev–Trinajstić information content (AvgIpc) is 2.63. The van der Waals surface area contributed by atoms with Crippen LogP contribution in [-0.4, -0.2) is 35.1 Å². The van der Waals surface area contributed by atoms with E-state index < -0.39 is 0 Å². The van der Waals surface area contributed by atoms with E-state index in [9.17, 15) is 9.90 Å². The van der Waals surface area contributed by atoms with Gasteiger partial charge in [-0.3, -0.25) is 4.79 Å². The number of aliphatic hydroxyl groups excluding tert-OH is 1. The first-order valence-electron chi connectivity index (χ1n) is 6.04. The maximum absolute atomic E-state index is 12.4. The van der Waals surface area contributed by atoms with Gasteiger partial charge in [0.1, 0.15) is 0 Å². The van der Waals surface area contributed by atoms with Gasteiger partial charge in [0.05, 0.1) is 6.10 Å². The smallest absolute Gasteiger partial charge is 0.254 e. The van der Waals surface area contributed by atoms with E-state index in [0.29, 0.717) is 19.5 Å². The first kappa shape index (κ1) is 12.1. The molecule has 0 aromatic heterocycles. The number of nitrogens with zero attached hydrogens (tertiary/aromatic N) is 1. The molecule has 1 N–H and O–H groups in total. The fourth-order valence-electron chi connectivity index (χ4n) is 2.60. The quantitative estimate of drug-likeness (QED) is 0.803. The zero-order valence-corrected chi connectivity index (χ0v) is 10.7. The van der Waals surface area contributed by atoms with Crippen LogP contribution in [0.15, 0.2) is 12.1 Å². The summed E-state index contributed by atoms with van der Waals surface area (Å²) < 4.78 is 0. The molecule has 3 heteroatoms. The van der Waals surface area contributed by atoms with Crippen LogP contribution in [0.1, 0.15) is 33.5 Å². The highest BCUT2D eigenvalue weighted by Crippen LogP contribution is 2.20. The number of aliphatic hydroxyl groups is 1. The van der Waals surface area contributed by atoms with Gasteiger partial charge >= 0.3 is 0 Å². The Hall–Kier alpha value is -1.35. The van der Waals surface area contributed by atoms with Gasteiger partial charge in [0.2, 0.25) is 0 Å². The van der Waals surface area contributed by atoms with Gasteiger partial charge in [0.25, 0.3) is 5.91 Å². The maximum atomic E-state index is 12.4. The second-order valence-electron chi connectivity index (χ2n) is 4.97. The predicted molar refractivity (Wildman–Crippen MR) is 67.2 cm³/mol. The van der Waals surface area contributed by atoms with Gasteiger partial charge < -0.3 is 10.0 Å². The predicted octanol–water partition coefficient (Wildman–Crippen LogP) is 1.82. The second-order valence-corrected chi connectivity index (χ2v) is 4.97. The van der Waals surface area contributed by atoms with E-state index in [-0.39, 0.29) is 12.0 Å². The van der Waals surface area contributed by atoms with Crippen LogP contribution in [0, 0.1) is 20.8 Å². The SMILES string of the molecule is Cc1cc(C)c(C(=O)N2CC[C@H](O)C2)c(C)c1. The number of carbonyl (C=O) groups is 1. The Balaban J connectivity index is 2.31. The van der Waals surface area contributed by atoms with E-state index >= 15 is 0 Å². The molecule has 1 aliphatic heterocycles. The third-order valence-corrected chi connectivity index (χ3v) is 3.34. The van der Waals surface area contributed by atoms with Gasteiger partial charge in [-0.15, -0.1) is 0 Å². The standard InChI is InChI=1S/C14H19NO2/c1-9-6-10(2)13(11(3)7-9)14(17)15-5-4-12(16)8-15/h6-7,12,16H,4-5,8H2,1-3H3/t12-/m0/s1. The van der Waals surface area contributed by atoms with Crippen molar-refractivity contribution < 1.29 is 9.90 Å². The molecule has 1 atom stereocenters. The number of carbonyl (C=O) groups excluding carboxylic acids is 1. The Kier molecular flexibility index (Phi) is 3.20. The van der Waals surface area contributed by atoms with E-state index in [4.69, 9.17) is 0 Å². The van der Waals surface area contributed by atoms with Crippen molar-refractivity contribution in [2.24, 2.45) is 0 Å². The van der Waals surface area contributed by atoms with Crippen molar-refractivity contribution in [1.82, 2.24) is 4.90 Å². The van der Waals surface area contributed by atoms with Crippen molar-refractivity contribution in [2.45, 2.75) is 33.3 Å². The zero-order valence-electron chi connectivity index (χ0n) is 10.7. The molecule has 3 nitrogen and oxygen atoms in total. The summed E-state index contributed by atoms with van der Waals surface area (Å²) in [7, 11) is 0. The van der Waals surface area contributed by atoms with Crippen LogP contribution in [-0.2, 0) is 0 Å². The molecule has 1 heterocycles. The monoisotopic (exact) mass is 233 g/mol. The summed E-state index contributed by atoms with van der Waals surface area (Å²) in [6, 6.07) is 4.07. The number of amides is 1. The number of likely N-dealkylation sites (tertiary alicyclic amines) is 1. The summed E-state index contributed by atoms with van der Waals surface area (Å²) in [5, 5.41) is 9.48. The van der Waals surface area contributed by atoms with Gasteiger partial charge in [-0.05, 0) is 38.3 Å². The molecular weight excluding hydrogens is 214 g/mol. The van der Waals surface area contributed by atoms with E-state index in [1.54, 1.807) is 4.90 Å². The molecule has 0 spiro atoms. The molecule has 0 unspecified atom stereocenters. The number of aryl methyl sites for hydroxylation is 3. The Bertz CT molecular complexity index is 431. The molecule has 17 heavy (non-hydrogen) atoms. The molecule has 1 fully saturated rings. The fraction of sp³-hybridized carbons (Fsp3) is 0.500. The third kappa shape index (κ3) is 2.34. The van der Waals surface area contributed by atoms with Crippen LogP contribution in [0.4, 0.5) is 0 Å². The lowest BCUT2D eigenvalue weighted by molar-refractivity contribution is 0.0763.